The third kappa shape index (κ3) is 4.14. The zero-order valence-corrected chi connectivity index (χ0v) is 15.3. The van der Waals surface area contributed by atoms with Gasteiger partial charge in [0.25, 0.3) is 5.91 Å². The predicted octanol–water partition coefficient (Wildman–Crippen LogP) is 3.51. The maximum absolute atomic E-state index is 12.6. The van der Waals surface area contributed by atoms with E-state index >= 15 is 0 Å². The van der Waals surface area contributed by atoms with E-state index in [9.17, 15) is 4.79 Å². The predicted molar refractivity (Wildman–Crippen MR) is 104 cm³/mol. The van der Waals surface area contributed by atoms with Crippen LogP contribution < -0.4 is 19.7 Å². The van der Waals surface area contributed by atoms with E-state index in [-0.39, 0.29) is 11.6 Å². The van der Waals surface area contributed by atoms with Crippen LogP contribution in [0.5, 0.6) is 11.5 Å². The van der Waals surface area contributed by atoms with Gasteiger partial charge in [-0.2, -0.15) is 0 Å². The second-order valence-electron chi connectivity index (χ2n) is 5.69. The summed E-state index contributed by atoms with van der Waals surface area (Å²) in [5.74, 6) is 1.57. The molecule has 27 heavy (non-hydrogen) atoms. The van der Waals surface area contributed by atoms with E-state index in [0.717, 1.165) is 5.69 Å². The Kier molecular flexibility index (Phi) is 5.51. The molecule has 0 unspecified atom stereocenters. The first-order valence-corrected chi connectivity index (χ1v) is 8.28. The van der Waals surface area contributed by atoms with Crippen molar-refractivity contribution in [3.8, 4) is 11.5 Å². The molecule has 7 nitrogen and oxygen atoms in total. The Morgan fingerprint density at radius 2 is 1.74 bits per heavy atom. The van der Waals surface area contributed by atoms with Gasteiger partial charge in [0.05, 0.1) is 19.9 Å². The number of amides is 1. The van der Waals surface area contributed by atoms with Gasteiger partial charge in [-0.1, -0.05) is 18.2 Å². The zero-order valence-electron chi connectivity index (χ0n) is 15.3. The van der Waals surface area contributed by atoms with Crippen molar-refractivity contribution in [1.29, 1.82) is 0 Å². The van der Waals surface area contributed by atoms with Crippen LogP contribution >= 0.6 is 0 Å². The van der Waals surface area contributed by atoms with E-state index in [4.69, 9.17) is 9.47 Å². The molecule has 3 aromatic rings. The molecule has 3 rings (SSSR count). The van der Waals surface area contributed by atoms with Gasteiger partial charge in [0, 0.05) is 18.8 Å². The largest absolute Gasteiger partial charge is 0.497 e. The van der Waals surface area contributed by atoms with Crippen LogP contribution in [0.25, 0.3) is 0 Å². The van der Waals surface area contributed by atoms with Crippen LogP contribution in [0.3, 0.4) is 0 Å². The molecule has 0 fully saturated rings. The van der Waals surface area contributed by atoms with Gasteiger partial charge in [0.1, 0.15) is 11.5 Å². The normalized spacial score (nSPS) is 10.2. The van der Waals surface area contributed by atoms with Gasteiger partial charge in [0.2, 0.25) is 0 Å². The summed E-state index contributed by atoms with van der Waals surface area (Å²) in [5.41, 5.74) is 1.73. The summed E-state index contributed by atoms with van der Waals surface area (Å²) in [7, 11) is 4.88. The summed E-state index contributed by atoms with van der Waals surface area (Å²) < 4.78 is 10.6. The highest BCUT2D eigenvalue weighted by atomic mass is 16.5. The molecule has 1 amide bonds. The first-order chi connectivity index (χ1) is 13.1. The number of anilines is 3. The zero-order chi connectivity index (χ0) is 19.2. The topological polar surface area (TPSA) is 76.6 Å². The SMILES string of the molecule is COc1ccc(OC)c(Nc2ccc(C(=O)N(C)c3ccccc3)nn2)c1. The third-order valence-electron chi connectivity index (χ3n) is 4.00. The third-order valence-corrected chi connectivity index (χ3v) is 4.00. The Balaban J connectivity index is 1.77. The Morgan fingerprint density at radius 3 is 2.37 bits per heavy atom. The summed E-state index contributed by atoms with van der Waals surface area (Å²) in [6, 6.07) is 18.1. The molecule has 1 heterocycles. The standard InChI is InChI=1S/C20H20N4O3/c1-24(14-7-5-4-6-8-14)20(25)16-10-12-19(23-22-16)21-17-13-15(26-2)9-11-18(17)27-3/h4-13H,1-3H3,(H,21,23). The fourth-order valence-corrected chi connectivity index (χ4v) is 2.50. The lowest BCUT2D eigenvalue weighted by molar-refractivity contribution is 0.0987. The first kappa shape index (κ1) is 18.2. The molecule has 0 bridgehead atoms. The maximum Gasteiger partial charge on any atom is 0.278 e. The van der Waals surface area contributed by atoms with Crippen molar-refractivity contribution in [2.45, 2.75) is 0 Å². The highest BCUT2D eigenvalue weighted by molar-refractivity contribution is 6.04. The van der Waals surface area contributed by atoms with Crippen molar-refractivity contribution in [3.63, 3.8) is 0 Å². The van der Waals surface area contributed by atoms with E-state index in [0.29, 0.717) is 23.0 Å². The number of hydrogen-bond acceptors (Lipinski definition) is 6. The van der Waals surface area contributed by atoms with Crippen LogP contribution in [-0.4, -0.2) is 37.4 Å². The number of carbonyl (C=O) groups is 1. The van der Waals surface area contributed by atoms with E-state index in [2.05, 4.69) is 15.5 Å². The highest BCUT2D eigenvalue weighted by Gasteiger charge is 2.15. The molecular formula is C20H20N4O3. The molecular weight excluding hydrogens is 344 g/mol. The van der Waals surface area contributed by atoms with Gasteiger partial charge in [-0.3, -0.25) is 4.79 Å². The molecule has 0 atom stereocenters. The van der Waals surface area contributed by atoms with Crippen molar-refractivity contribution >= 4 is 23.1 Å². The minimum Gasteiger partial charge on any atom is -0.497 e. The molecule has 0 aliphatic heterocycles. The quantitative estimate of drug-likeness (QED) is 0.721. The molecule has 138 valence electrons. The smallest absolute Gasteiger partial charge is 0.278 e. The van der Waals surface area contributed by atoms with Gasteiger partial charge in [-0.05, 0) is 36.4 Å². The molecule has 0 radical (unpaired) electrons. The molecule has 7 heteroatoms. The van der Waals surface area contributed by atoms with Crippen LogP contribution in [0.4, 0.5) is 17.2 Å². The average molecular weight is 364 g/mol. The maximum atomic E-state index is 12.6. The minimum atomic E-state index is -0.237. The number of carbonyl (C=O) groups excluding carboxylic acids is 1. The minimum absolute atomic E-state index is 0.237. The van der Waals surface area contributed by atoms with E-state index in [1.165, 1.54) is 4.90 Å². The van der Waals surface area contributed by atoms with Crippen molar-refractivity contribution in [3.05, 3.63) is 66.4 Å². The lowest BCUT2D eigenvalue weighted by Crippen LogP contribution is -2.27. The van der Waals surface area contributed by atoms with E-state index in [1.807, 2.05) is 30.3 Å². The Bertz CT molecular complexity index is 914. The van der Waals surface area contributed by atoms with Gasteiger partial charge in [-0.15, -0.1) is 10.2 Å². The molecule has 0 aliphatic rings. The molecule has 1 N–H and O–H groups in total. The Morgan fingerprint density at radius 1 is 0.963 bits per heavy atom. The summed E-state index contributed by atoms with van der Waals surface area (Å²) in [6.45, 7) is 0. The van der Waals surface area contributed by atoms with Crippen LogP contribution in [0.15, 0.2) is 60.7 Å². The monoisotopic (exact) mass is 364 g/mol. The second kappa shape index (κ2) is 8.18. The Hall–Kier alpha value is -3.61. The second-order valence-corrected chi connectivity index (χ2v) is 5.69. The molecule has 0 aliphatic carbocycles. The van der Waals surface area contributed by atoms with Crippen LogP contribution in [0.2, 0.25) is 0 Å². The Labute approximate surface area is 157 Å². The number of ether oxygens (including phenoxy) is 2. The molecule has 0 spiro atoms. The van der Waals surface area contributed by atoms with Crippen LogP contribution in [-0.2, 0) is 0 Å². The van der Waals surface area contributed by atoms with Crippen molar-refractivity contribution in [2.75, 3.05) is 31.5 Å². The van der Waals surface area contributed by atoms with Gasteiger partial charge in [0.15, 0.2) is 11.5 Å². The van der Waals surface area contributed by atoms with Crippen LogP contribution in [0.1, 0.15) is 10.5 Å². The number of methoxy groups -OCH3 is 2. The summed E-state index contributed by atoms with van der Waals surface area (Å²) >= 11 is 0. The number of benzene rings is 2. The highest BCUT2D eigenvalue weighted by Crippen LogP contribution is 2.30. The summed E-state index contributed by atoms with van der Waals surface area (Å²) in [5, 5.41) is 11.3. The van der Waals surface area contributed by atoms with Crippen molar-refractivity contribution < 1.29 is 14.3 Å². The van der Waals surface area contributed by atoms with Gasteiger partial charge >= 0.3 is 0 Å². The van der Waals surface area contributed by atoms with E-state index in [1.54, 1.807) is 51.6 Å². The fourth-order valence-electron chi connectivity index (χ4n) is 2.50. The number of para-hydroxylation sites is 1. The number of rotatable bonds is 6. The first-order valence-electron chi connectivity index (χ1n) is 8.28. The number of aromatic nitrogens is 2. The molecule has 2 aromatic carbocycles. The van der Waals surface area contributed by atoms with Crippen molar-refractivity contribution in [1.82, 2.24) is 10.2 Å². The molecule has 1 aromatic heterocycles. The summed E-state index contributed by atoms with van der Waals surface area (Å²) in [6.07, 6.45) is 0. The fraction of sp³-hybridized carbons (Fsp3) is 0.150. The average Bonchev–Trinajstić information content (AvgIpc) is 2.73. The summed E-state index contributed by atoms with van der Waals surface area (Å²) in [4.78, 5) is 14.1. The molecule has 0 saturated heterocycles. The molecule has 0 saturated carbocycles. The van der Waals surface area contributed by atoms with Gasteiger partial charge in [-0.25, -0.2) is 0 Å². The lowest BCUT2D eigenvalue weighted by atomic mass is 10.2. The lowest BCUT2D eigenvalue weighted by Gasteiger charge is -2.16. The number of nitrogens with zero attached hydrogens (tertiary/aromatic N) is 3. The van der Waals surface area contributed by atoms with Crippen LogP contribution in [0, 0.1) is 0 Å². The van der Waals surface area contributed by atoms with Gasteiger partial charge < -0.3 is 19.7 Å². The number of hydrogen-bond donors (Lipinski definition) is 1. The number of nitrogens with one attached hydrogen (secondary N) is 1. The van der Waals surface area contributed by atoms with E-state index < -0.39 is 0 Å². The van der Waals surface area contributed by atoms with Crippen molar-refractivity contribution in [2.24, 2.45) is 0 Å².